The van der Waals surface area contributed by atoms with Gasteiger partial charge in [-0.3, -0.25) is 9.80 Å². The Morgan fingerprint density at radius 3 is 1.43 bits per heavy atom. The highest BCUT2D eigenvalue weighted by atomic mass is 19.4. The monoisotopic (exact) mass is 1040 g/mol. The Hall–Kier alpha value is -6.31. The van der Waals surface area contributed by atoms with Gasteiger partial charge in [-0.2, -0.15) is 26.3 Å². The third kappa shape index (κ3) is 12.6. The highest BCUT2D eigenvalue weighted by Gasteiger charge is 2.44. The van der Waals surface area contributed by atoms with E-state index in [1.807, 2.05) is 46.0 Å². The number of ether oxygens (including phenoxy) is 3. The Morgan fingerprint density at radius 2 is 1.05 bits per heavy atom. The van der Waals surface area contributed by atoms with Crippen molar-refractivity contribution in [3.63, 3.8) is 0 Å². The normalized spacial score (nSPS) is 20.8. The van der Waals surface area contributed by atoms with Crippen molar-refractivity contribution in [2.24, 2.45) is 0 Å². The quantitative estimate of drug-likeness (QED) is 0.107. The summed E-state index contributed by atoms with van der Waals surface area (Å²) in [5, 5.41) is 3.39. The molecule has 8 rings (SSSR count). The molecule has 3 amide bonds. The number of nitrogens with zero attached hydrogens (tertiary/aromatic N) is 7. The third-order valence-corrected chi connectivity index (χ3v) is 14.4. The molecule has 1 N–H and O–H groups in total. The smallest absolute Gasteiger partial charge is 0.416 e. The molecule has 2 aromatic carbocycles. The van der Waals surface area contributed by atoms with Crippen molar-refractivity contribution in [2.75, 3.05) is 56.2 Å². The van der Waals surface area contributed by atoms with Gasteiger partial charge < -0.3 is 34.2 Å². The van der Waals surface area contributed by atoms with Gasteiger partial charge in [0.15, 0.2) is 0 Å². The van der Waals surface area contributed by atoms with Gasteiger partial charge >= 0.3 is 30.6 Å². The first-order chi connectivity index (χ1) is 35.0. The second-order valence-electron chi connectivity index (χ2n) is 19.8. The summed E-state index contributed by atoms with van der Waals surface area (Å²) in [7, 11) is 1.37. The molecule has 0 spiro atoms. The Morgan fingerprint density at radius 1 is 0.649 bits per heavy atom. The van der Waals surface area contributed by atoms with E-state index in [1.165, 1.54) is 7.11 Å². The summed E-state index contributed by atoms with van der Waals surface area (Å²) in [4.78, 5) is 56.6. The van der Waals surface area contributed by atoms with Gasteiger partial charge in [0, 0.05) is 61.8 Å². The number of rotatable bonds is 12. The number of piperidine rings is 2. The first kappa shape index (κ1) is 55.4. The molecule has 0 aliphatic carbocycles. The molecule has 0 bridgehead atoms. The van der Waals surface area contributed by atoms with E-state index in [4.69, 9.17) is 24.2 Å². The van der Waals surface area contributed by atoms with Gasteiger partial charge in [-0.15, -0.1) is 0 Å². The summed E-state index contributed by atoms with van der Waals surface area (Å²) in [5.41, 5.74) is 3.75. The number of carbonyl (C=O) groups is 3. The van der Waals surface area contributed by atoms with E-state index in [0.29, 0.717) is 47.9 Å². The van der Waals surface area contributed by atoms with Crippen LogP contribution in [0.25, 0.3) is 0 Å². The average Bonchev–Trinajstić information content (AvgIpc) is 3.80. The molecule has 0 unspecified atom stereocenters. The largest absolute Gasteiger partial charge is 0.453 e. The predicted molar refractivity (Wildman–Crippen MR) is 268 cm³/mol. The molecular weight excluding hydrogens is 971 g/mol. The number of hydrogen-bond acceptors (Lipinski definition) is 11. The molecule has 4 aromatic rings. The number of hydrogen-bond donors (Lipinski definition) is 1. The highest BCUT2D eigenvalue weighted by molar-refractivity contribution is 5.72. The highest BCUT2D eigenvalue weighted by Crippen LogP contribution is 2.41. The molecule has 4 aliphatic heterocycles. The molecule has 0 radical (unpaired) electrons. The Labute approximate surface area is 429 Å². The van der Waals surface area contributed by atoms with Crippen molar-refractivity contribution in [2.45, 2.75) is 143 Å². The number of pyridine rings is 2. The van der Waals surface area contributed by atoms with Crippen LogP contribution in [-0.2, 0) is 39.7 Å². The second kappa shape index (κ2) is 23.1. The van der Waals surface area contributed by atoms with E-state index in [9.17, 15) is 40.7 Å². The lowest BCUT2D eigenvalue weighted by atomic mass is 9.98. The molecule has 74 heavy (non-hydrogen) atoms. The summed E-state index contributed by atoms with van der Waals surface area (Å²) in [6.07, 6.45) is -4.87. The van der Waals surface area contributed by atoms with Crippen molar-refractivity contribution in [1.29, 1.82) is 0 Å². The number of aryl methyl sites for hydroxylation is 4. The van der Waals surface area contributed by atoms with Crippen LogP contribution in [-0.4, -0.2) is 113 Å². The molecule has 402 valence electrons. The number of benzene rings is 2. The number of alkyl halides is 6. The maximum atomic E-state index is 13.4. The predicted octanol–water partition coefficient (Wildman–Crippen LogP) is 11.2. The summed E-state index contributed by atoms with van der Waals surface area (Å²) >= 11 is 0. The molecule has 0 saturated carbocycles. The van der Waals surface area contributed by atoms with Gasteiger partial charge in [0.25, 0.3) is 0 Å². The van der Waals surface area contributed by atoms with Crippen LogP contribution in [0.15, 0.2) is 60.9 Å². The van der Waals surface area contributed by atoms with Crippen LogP contribution in [0.3, 0.4) is 0 Å². The Balaban J connectivity index is 0.000000217. The summed E-state index contributed by atoms with van der Waals surface area (Å²) in [6, 6.07) is 11.2. The molecule has 6 heterocycles. The number of nitrogens with one attached hydrogen (secondary N) is 1. The minimum Gasteiger partial charge on any atom is -0.453 e. The van der Waals surface area contributed by atoms with Crippen LogP contribution in [0.1, 0.15) is 121 Å². The van der Waals surface area contributed by atoms with Gasteiger partial charge in [-0.1, -0.05) is 23.3 Å². The minimum absolute atomic E-state index is 0.147. The number of likely N-dealkylation sites (tertiary alicyclic amines) is 1. The first-order valence-corrected chi connectivity index (χ1v) is 25.3. The lowest BCUT2D eigenvalue weighted by molar-refractivity contribution is -0.138. The molecule has 20 heteroatoms. The SMILES string of the molecule is CCN(c1ncc(C)cc1CN1C(=O)O[C@H](c2cc(C)cc(C(F)(F)F)c2)[C@@H]1C)C1CCN(C(=O)OC)CC1.CCN(c1ncc(C)cc1CN1C(=O)O[C@H](c2cc(C)cc(C(F)(F)F)c2)[C@@H]1C)C1CCNCC1. The van der Waals surface area contributed by atoms with Gasteiger partial charge in [0.2, 0.25) is 0 Å². The molecule has 4 saturated heterocycles. The lowest BCUT2D eigenvalue weighted by Gasteiger charge is -2.39. The number of methoxy groups -OCH3 is 1. The standard InChI is InChI=1S/C28H35F3N4O4.C26H33F3N4O2/c1-6-34(23-7-9-33(10-8-23)26(36)38-5)25-21(12-18(3)15-32-25)16-35-19(4)24(39-27(35)37)20-11-17(2)13-22(14-20)28(29,30)31;1-5-32(22-6-8-30-9-7-22)24-20(11-17(3)14-31-24)15-33-18(4)23(35-25(33)34)19-10-16(2)12-21(13-19)26(27,28)29/h11-15,19,23-24H,6-10,16H2,1-5H3;10-14,18,22-23,30H,5-9,15H2,1-4H3/t19-,24-;18-,23-/m00/s1. The summed E-state index contributed by atoms with van der Waals surface area (Å²) < 4.78 is 96.6. The molecule has 4 fully saturated rings. The summed E-state index contributed by atoms with van der Waals surface area (Å²) in [5.74, 6) is 1.60. The van der Waals surface area contributed by atoms with E-state index in [2.05, 4.69) is 22.0 Å². The number of carbonyl (C=O) groups excluding carboxylic acids is 3. The molecule has 4 aliphatic rings. The van der Waals surface area contributed by atoms with Crippen LogP contribution in [0.5, 0.6) is 0 Å². The molecule has 14 nitrogen and oxygen atoms in total. The Bertz CT molecular complexity index is 2640. The van der Waals surface area contributed by atoms with Crippen molar-refractivity contribution in [3.8, 4) is 0 Å². The number of anilines is 2. The van der Waals surface area contributed by atoms with Crippen LogP contribution in [0.4, 0.5) is 52.4 Å². The van der Waals surface area contributed by atoms with Gasteiger partial charge in [-0.05, 0) is 153 Å². The fraction of sp³-hybridized carbons (Fsp3) is 0.537. The number of aromatic nitrogens is 2. The van der Waals surface area contributed by atoms with E-state index < -0.39 is 60.0 Å². The van der Waals surface area contributed by atoms with Gasteiger partial charge in [-0.25, -0.2) is 24.4 Å². The zero-order chi connectivity index (χ0) is 53.8. The maximum Gasteiger partial charge on any atom is 0.416 e. The van der Waals surface area contributed by atoms with Crippen molar-refractivity contribution in [3.05, 3.63) is 117 Å². The number of halogens is 6. The van der Waals surface area contributed by atoms with Crippen LogP contribution in [0.2, 0.25) is 0 Å². The van der Waals surface area contributed by atoms with Gasteiger partial charge in [0.1, 0.15) is 23.8 Å². The summed E-state index contributed by atoms with van der Waals surface area (Å²) in [6.45, 7) is 19.8. The third-order valence-electron chi connectivity index (χ3n) is 14.4. The second-order valence-corrected chi connectivity index (χ2v) is 19.8. The van der Waals surface area contributed by atoms with Crippen LogP contribution < -0.4 is 15.1 Å². The molecular formula is C54H68F6N8O6. The van der Waals surface area contributed by atoms with Crippen molar-refractivity contribution < 1.29 is 54.9 Å². The molecule has 4 atom stereocenters. The van der Waals surface area contributed by atoms with Crippen LogP contribution in [0, 0.1) is 27.7 Å². The van der Waals surface area contributed by atoms with E-state index >= 15 is 0 Å². The lowest BCUT2D eigenvalue weighted by Crippen LogP contribution is -2.47. The van der Waals surface area contributed by atoms with E-state index in [-0.39, 0.29) is 25.2 Å². The topological polar surface area (TPSA) is 133 Å². The van der Waals surface area contributed by atoms with Crippen LogP contribution >= 0.6 is 0 Å². The van der Waals surface area contributed by atoms with Gasteiger partial charge in [0.05, 0.1) is 43.4 Å². The van der Waals surface area contributed by atoms with Crippen molar-refractivity contribution >= 4 is 29.9 Å². The van der Waals surface area contributed by atoms with Crippen molar-refractivity contribution in [1.82, 2.24) is 30.0 Å². The number of cyclic esters (lactones) is 2. The first-order valence-electron chi connectivity index (χ1n) is 25.3. The minimum atomic E-state index is -4.49. The maximum absolute atomic E-state index is 13.4. The fourth-order valence-electron chi connectivity index (χ4n) is 10.7. The number of amides is 3. The average molecular weight is 1040 g/mol. The molecule has 2 aromatic heterocycles. The fourth-order valence-corrected chi connectivity index (χ4v) is 10.7. The van der Waals surface area contributed by atoms with E-state index in [1.54, 1.807) is 53.8 Å². The zero-order valence-corrected chi connectivity index (χ0v) is 43.6. The van der Waals surface area contributed by atoms with E-state index in [0.717, 1.165) is 103 Å². The Kier molecular flexibility index (Phi) is 17.3. The zero-order valence-electron chi connectivity index (χ0n) is 43.6.